The van der Waals surface area contributed by atoms with E-state index in [1.54, 1.807) is 6.92 Å². The summed E-state index contributed by atoms with van der Waals surface area (Å²) in [7, 11) is 0. The maximum Gasteiger partial charge on any atom is 1.00 e. The Morgan fingerprint density at radius 2 is 2.33 bits per heavy atom. The van der Waals surface area contributed by atoms with Gasteiger partial charge in [0.15, 0.2) is 0 Å². The fourth-order valence-electron chi connectivity index (χ4n) is 0.855. The van der Waals surface area contributed by atoms with Crippen molar-refractivity contribution in [3.05, 3.63) is 22.1 Å². The molecule has 2 aromatic rings. The fourth-order valence-corrected chi connectivity index (χ4v) is 0.855. The van der Waals surface area contributed by atoms with Gasteiger partial charge in [-0.2, -0.15) is 9.73 Å². The van der Waals surface area contributed by atoms with Crippen LogP contribution >= 0.6 is 0 Å². The summed E-state index contributed by atoms with van der Waals surface area (Å²) >= 11 is 0. The largest absolute Gasteiger partial charge is 1.00 e. The van der Waals surface area contributed by atoms with E-state index in [1.165, 1.54) is 10.6 Å². The molecule has 0 unspecified atom stereocenters. The number of nitrogens with one attached hydrogen (secondary N) is 1. The van der Waals surface area contributed by atoms with Gasteiger partial charge in [0, 0.05) is 11.8 Å². The molecule has 2 rings (SSSR count). The molecule has 0 saturated carbocycles. The predicted molar refractivity (Wildman–Crippen MR) is 36.1 cm³/mol. The molecule has 0 radical (unpaired) electrons. The van der Waals surface area contributed by atoms with Gasteiger partial charge in [-0.05, 0) is 12.1 Å². The molecule has 0 bridgehead atoms. The summed E-state index contributed by atoms with van der Waals surface area (Å²) in [5.74, 6) is 0.301. The first-order valence-corrected chi connectivity index (χ1v) is 3.05. The Labute approximate surface area is 89.3 Å². The van der Waals surface area contributed by atoms with Crippen molar-refractivity contribution in [3.8, 4) is 0 Å². The first kappa shape index (κ1) is 9.37. The SMILES string of the molecule is Cc1cc(=O)n2[nH]nnc2n1.[Na+]. The van der Waals surface area contributed by atoms with Crippen molar-refractivity contribution < 1.29 is 29.6 Å². The molecular formula is C5H5N5NaO+. The molecule has 2 aromatic heterocycles. The van der Waals surface area contributed by atoms with Gasteiger partial charge in [0.25, 0.3) is 11.3 Å². The Kier molecular flexibility index (Phi) is 2.61. The zero-order valence-electron chi connectivity index (χ0n) is 6.77. The maximum atomic E-state index is 11.1. The molecule has 6 nitrogen and oxygen atoms in total. The zero-order chi connectivity index (χ0) is 7.84. The molecule has 0 aliphatic rings. The second kappa shape index (κ2) is 3.34. The molecule has 56 valence electrons. The number of aromatic nitrogens is 5. The monoisotopic (exact) mass is 174 g/mol. The van der Waals surface area contributed by atoms with Crippen molar-refractivity contribution >= 4 is 5.78 Å². The van der Waals surface area contributed by atoms with Gasteiger partial charge in [-0.15, -0.1) is 0 Å². The smallest absolute Gasteiger partial charge is 0.267 e. The molecule has 2 heterocycles. The van der Waals surface area contributed by atoms with Crippen molar-refractivity contribution in [1.82, 2.24) is 25.0 Å². The Morgan fingerprint density at radius 1 is 1.58 bits per heavy atom. The average Bonchev–Trinajstić information content (AvgIpc) is 2.34. The van der Waals surface area contributed by atoms with Gasteiger partial charge in [0.2, 0.25) is 0 Å². The van der Waals surface area contributed by atoms with Gasteiger partial charge in [-0.3, -0.25) is 4.79 Å². The van der Waals surface area contributed by atoms with Crippen LogP contribution in [0.4, 0.5) is 0 Å². The second-order valence-corrected chi connectivity index (χ2v) is 2.17. The summed E-state index contributed by atoms with van der Waals surface area (Å²) in [6.07, 6.45) is 0. The van der Waals surface area contributed by atoms with Crippen LogP contribution in [0.3, 0.4) is 0 Å². The first-order valence-electron chi connectivity index (χ1n) is 3.05. The van der Waals surface area contributed by atoms with Crippen molar-refractivity contribution in [2.45, 2.75) is 6.92 Å². The van der Waals surface area contributed by atoms with E-state index in [0.29, 0.717) is 11.5 Å². The van der Waals surface area contributed by atoms with E-state index < -0.39 is 0 Å². The Bertz CT molecular complexity index is 446. The summed E-state index contributed by atoms with van der Waals surface area (Å²) in [4.78, 5) is 15.0. The van der Waals surface area contributed by atoms with Crippen LogP contribution in [0.25, 0.3) is 5.78 Å². The molecular weight excluding hydrogens is 169 g/mol. The number of hydrogen-bond acceptors (Lipinski definition) is 4. The Balaban J connectivity index is 0.000000720. The minimum atomic E-state index is -0.197. The van der Waals surface area contributed by atoms with Gasteiger partial charge in [0.1, 0.15) is 0 Å². The van der Waals surface area contributed by atoms with Crippen LogP contribution in [0.5, 0.6) is 0 Å². The van der Waals surface area contributed by atoms with Crippen molar-refractivity contribution in [2.24, 2.45) is 0 Å². The number of aromatic amines is 1. The van der Waals surface area contributed by atoms with E-state index in [4.69, 9.17) is 0 Å². The molecule has 0 atom stereocenters. The number of hydrogen-bond donors (Lipinski definition) is 1. The van der Waals surface area contributed by atoms with Crippen molar-refractivity contribution in [1.29, 1.82) is 0 Å². The number of aryl methyl sites for hydroxylation is 1. The first-order chi connectivity index (χ1) is 5.27. The van der Waals surface area contributed by atoms with Crippen LogP contribution in [0.15, 0.2) is 10.9 Å². The van der Waals surface area contributed by atoms with E-state index >= 15 is 0 Å². The minimum Gasteiger partial charge on any atom is -0.267 e. The zero-order valence-corrected chi connectivity index (χ0v) is 8.77. The van der Waals surface area contributed by atoms with Gasteiger partial charge in [0.05, 0.1) is 0 Å². The van der Waals surface area contributed by atoms with E-state index in [9.17, 15) is 4.79 Å². The molecule has 0 spiro atoms. The quantitative estimate of drug-likeness (QED) is 0.414. The summed E-state index contributed by atoms with van der Waals surface area (Å²) < 4.78 is 1.17. The molecule has 0 aromatic carbocycles. The van der Waals surface area contributed by atoms with Gasteiger partial charge >= 0.3 is 29.6 Å². The molecule has 1 N–H and O–H groups in total. The number of rotatable bonds is 0. The van der Waals surface area contributed by atoms with Crippen LogP contribution < -0.4 is 35.1 Å². The summed E-state index contributed by atoms with van der Waals surface area (Å²) in [5.41, 5.74) is 0.446. The molecule has 12 heavy (non-hydrogen) atoms. The Hall–Kier alpha value is -0.720. The molecule has 0 amide bonds. The van der Waals surface area contributed by atoms with E-state index in [2.05, 4.69) is 20.5 Å². The van der Waals surface area contributed by atoms with Crippen LogP contribution in [0.2, 0.25) is 0 Å². The molecule has 7 heteroatoms. The summed E-state index contributed by atoms with van der Waals surface area (Å²) in [5, 5.41) is 9.41. The third-order valence-electron chi connectivity index (χ3n) is 1.31. The molecule has 0 aliphatic heterocycles. The Morgan fingerprint density at radius 3 is 3.08 bits per heavy atom. The molecule has 0 saturated heterocycles. The molecule has 0 fully saturated rings. The summed E-state index contributed by atoms with van der Waals surface area (Å²) in [6.45, 7) is 1.73. The van der Waals surface area contributed by atoms with E-state index in [-0.39, 0.29) is 35.1 Å². The average molecular weight is 174 g/mol. The van der Waals surface area contributed by atoms with E-state index in [0.717, 1.165) is 0 Å². The van der Waals surface area contributed by atoms with Gasteiger partial charge in [-0.25, -0.2) is 4.98 Å². The third kappa shape index (κ3) is 1.40. The number of tetrazole rings is 1. The number of fused-ring (bicyclic) bond motifs is 1. The second-order valence-electron chi connectivity index (χ2n) is 2.17. The van der Waals surface area contributed by atoms with Crippen LogP contribution in [0, 0.1) is 6.92 Å². The number of nitrogens with zero attached hydrogens (tertiary/aromatic N) is 4. The number of H-pyrrole nitrogens is 1. The van der Waals surface area contributed by atoms with Gasteiger partial charge in [-0.1, -0.05) is 5.10 Å². The minimum absolute atomic E-state index is 0. The third-order valence-corrected chi connectivity index (χ3v) is 1.31. The topological polar surface area (TPSA) is 75.9 Å². The van der Waals surface area contributed by atoms with Crippen LogP contribution in [-0.2, 0) is 0 Å². The van der Waals surface area contributed by atoms with E-state index in [1.807, 2.05) is 0 Å². The van der Waals surface area contributed by atoms with Gasteiger partial charge < -0.3 is 0 Å². The molecule has 0 aliphatic carbocycles. The summed E-state index contributed by atoms with van der Waals surface area (Å²) in [6, 6.07) is 1.41. The van der Waals surface area contributed by atoms with Crippen LogP contribution in [0.1, 0.15) is 5.69 Å². The van der Waals surface area contributed by atoms with Crippen LogP contribution in [-0.4, -0.2) is 25.0 Å². The predicted octanol–water partition coefficient (Wildman–Crippen LogP) is -3.87. The fraction of sp³-hybridized carbons (Fsp3) is 0.200. The normalized spacial score (nSPS) is 9.75. The standard InChI is InChI=1S/C5H5N5O.Na/c1-3-2-4(11)10-5(6-3)7-8-9-10;/h2H,1H3,(H,6,7,9);/q;+1. The van der Waals surface area contributed by atoms with Crippen molar-refractivity contribution in [2.75, 3.05) is 0 Å². The van der Waals surface area contributed by atoms with Crippen molar-refractivity contribution in [3.63, 3.8) is 0 Å². The maximum absolute atomic E-state index is 11.1.